The Balaban J connectivity index is 1.79. The van der Waals surface area contributed by atoms with Gasteiger partial charge in [-0.05, 0) is 38.5 Å². The van der Waals surface area contributed by atoms with Gasteiger partial charge >= 0.3 is 0 Å². The molecule has 1 heterocycles. The molecule has 1 aliphatic heterocycles. The van der Waals surface area contributed by atoms with Crippen molar-refractivity contribution in [3.63, 3.8) is 0 Å². The van der Waals surface area contributed by atoms with Gasteiger partial charge in [-0.15, -0.1) is 0 Å². The summed E-state index contributed by atoms with van der Waals surface area (Å²) in [6.07, 6.45) is 0.360. The van der Waals surface area contributed by atoms with Crippen LogP contribution in [0.1, 0.15) is 26.3 Å². The number of carbonyl (C=O) groups excluding carboxylic acids is 1. The summed E-state index contributed by atoms with van der Waals surface area (Å²) < 4.78 is 11.1. The molecule has 1 aromatic carbocycles. The molecule has 1 aliphatic rings. The van der Waals surface area contributed by atoms with Gasteiger partial charge in [0.15, 0.2) is 0 Å². The number of ether oxygens (including phenoxy) is 2. The molecule has 122 valence electrons. The average Bonchev–Trinajstić information content (AvgIpc) is 2.45. The first-order valence-electron chi connectivity index (χ1n) is 7.93. The summed E-state index contributed by atoms with van der Waals surface area (Å²) in [6.45, 7) is 9.23. The Hall–Kier alpha value is -1.59. The van der Waals surface area contributed by atoms with Gasteiger partial charge in [0.05, 0.1) is 25.4 Å². The van der Waals surface area contributed by atoms with Crippen LogP contribution in [-0.2, 0) is 16.1 Å². The van der Waals surface area contributed by atoms with E-state index in [1.54, 1.807) is 0 Å². The highest BCUT2D eigenvalue weighted by Crippen LogP contribution is 2.13. The SMILES string of the molecule is CCOc1cccc(CNC(=O)CN2CC(C)OC(C)C2)c1. The number of hydrogen-bond acceptors (Lipinski definition) is 4. The Morgan fingerprint density at radius 1 is 1.36 bits per heavy atom. The van der Waals surface area contributed by atoms with Crippen molar-refractivity contribution in [1.29, 1.82) is 0 Å². The van der Waals surface area contributed by atoms with Crippen LogP contribution in [0.3, 0.4) is 0 Å². The summed E-state index contributed by atoms with van der Waals surface area (Å²) in [6, 6.07) is 7.81. The second-order valence-electron chi connectivity index (χ2n) is 5.81. The summed E-state index contributed by atoms with van der Waals surface area (Å²) >= 11 is 0. The topological polar surface area (TPSA) is 50.8 Å². The third-order valence-corrected chi connectivity index (χ3v) is 3.56. The van der Waals surface area contributed by atoms with Crippen LogP contribution in [0, 0.1) is 0 Å². The van der Waals surface area contributed by atoms with E-state index in [0.717, 1.165) is 24.4 Å². The van der Waals surface area contributed by atoms with Crippen molar-refractivity contribution in [3.05, 3.63) is 29.8 Å². The van der Waals surface area contributed by atoms with Gasteiger partial charge in [0.2, 0.25) is 5.91 Å². The molecule has 5 heteroatoms. The van der Waals surface area contributed by atoms with Gasteiger partial charge in [0.1, 0.15) is 5.75 Å². The first-order valence-corrected chi connectivity index (χ1v) is 7.93. The van der Waals surface area contributed by atoms with Gasteiger partial charge in [-0.25, -0.2) is 0 Å². The Labute approximate surface area is 132 Å². The van der Waals surface area contributed by atoms with Crippen molar-refractivity contribution >= 4 is 5.91 Å². The zero-order valence-electron chi connectivity index (χ0n) is 13.7. The maximum atomic E-state index is 12.1. The standard InChI is InChI=1S/C17H26N2O3/c1-4-21-16-7-5-6-15(8-16)9-18-17(20)12-19-10-13(2)22-14(3)11-19/h5-8,13-14H,4,9-12H2,1-3H3,(H,18,20). The van der Waals surface area contributed by atoms with E-state index in [-0.39, 0.29) is 18.1 Å². The Bertz CT molecular complexity index is 483. The van der Waals surface area contributed by atoms with Crippen molar-refractivity contribution in [3.8, 4) is 5.75 Å². The minimum absolute atomic E-state index is 0.0445. The van der Waals surface area contributed by atoms with Crippen LogP contribution in [-0.4, -0.2) is 49.3 Å². The molecule has 2 rings (SSSR count). The Morgan fingerprint density at radius 2 is 2.09 bits per heavy atom. The number of hydrogen-bond donors (Lipinski definition) is 1. The molecule has 0 saturated carbocycles. The van der Waals surface area contributed by atoms with Gasteiger partial charge in [-0.2, -0.15) is 0 Å². The number of morpholine rings is 1. The third-order valence-electron chi connectivity index (χ3n) is 3.56. The third kappa shape index (κ3) is 5.31. The lowest BCUT2D eigenvalue weighted by Crippen LogP contribution is -2.49. The number of nitrogens with one attached hydrogen (secondary N) is 1. The lowest BCUT2D eigenvalue weighted by Gasteiger charge is -2.34. The van der Waals surface area contributed by atoms with Crippen LogP contribution in [0.2, 0.25) is 0 Å². The van der Waals surface area contributed by atoms with E-state index in [1.165, 1.54) is 0 Å². The largest absolute Gasteiger partial charge is 0.494 e. The molecular formula is C17H26N2O3. The highest BCUT2D eigenvalue weighted by atomic mass is 16.5. The van der Waals surface area contributed by atoms with Crippen LogP contribution in [0.5, 0.6) is 5.75 Å². The van der Waals surface area contributed by atoms with Crippen molar-refractivity contribution in [1.82, 2.24) is 10.2 Å². The number of rotatable bonds is 6. The normalized spacial score (nSPS) is 22.3. The Morgan fingerprint density at radius 3 is 2.77 bits per heavy atom. The molecule has 1 N–H and O–H groups in total. The van der Waals surface area contributed by atoms with E-state index in [4.69, 9.17) is 9.47 Å². The van der Waals surface area contributed by atoms with E-state index in [0.29, 0.717) is 19.7 Å². The fourth-order valence-electron chi connectivity index (χ4n) is 2.79. The maximum absolute atomic E-state index is 12.1. The van der Waals surface area contributed by atoms with Crippen LogP contribution >= 0.6 is 0 Å². The van der Waals surface area contributed by atoms with Crippen molar-refractivity contribution in [2.45, 2.75) is 39.5 Å². The van der Waals surface area contributed by atoms with Gasteiger partial charge < -0.3 is 14.8 Å². The minimum Gasteiger partial charge on any atom is -0.494 e. The van der Waals surface area contributed by atoms with Gasteiger partial charge in [0.25, 0.3) is 0 Å². The minimum atomic E-state index is 0.0445. The molecule has 1 aromatic rings. The maximum Gasteiger partial charge on any atom is 0.234 e. The molecule has 1 saturated heterocycles. The van der Waals surface area contributed by atoms with E-state index < -0.39 is 0 Å². The molecule has 2 atom stereocenters. The predicted octanol–water partition coefficient (Wildman–Crippen LogP) is 1.81. The number of benzene rings is 1. The molecule has 1 fully saturated rings. The van der Waals surface area contributed by atoms with Crippen LogP contribution < -0.4 is 10.1 Å². The first kappa shape index (κ1) is 16.8. The fourth-order valence-corrected chi connectivity index (χ4v) is 2.79. The van der Waals surface area contributed by atoms with E-state index in [1.807, 2.05) is 45.0 Å². The molecule has 0 bridgehead atoms. The smallest absolute Gasteiger partial charge is 0.234 e. The molecule has 0 spiro atoms. The van der Waals surface area contributed by atoms with Crippen molar-refractivity contribution in [2.24, 2.45) is 0 Å². The van der Waals surface area contributed by atoms with E-state index in [9.17, 15) is 4.79 Å². The Kier molecular flexibility index (Phi) is 6.21. The molecule has 0 radical (unpaired) electrons. The van der Waals surface area contributed by atoms with Crippen LogP contribution in [0.25, 0.3) is 0 Å². The lowest BCUT2D eigenvalue weighted by molar-refractivity contribution is -0.126. The summed E-state index contributed by atoms with van der Waals surface area (Å²) in [4.78, 5) is 14.2. The summed E-state index contributed by atoms with van der Waals surface area (Å²) in [5.74, 6) is 0.883. The van der Waals surface area contributed by atoms with Crippen molar-refractivity contribution in [2.75, 3.05) is 26.2 Å². The van der Waals surface area contributed by atoms with Crippen LogP contribution in [0.4, 0.5) is 0 Å². The van der Waals surface area contributed by atoms with Gasteiger partial charge in [-0.3, -0.25) is 9.69 Å². The highest BCUT2D eigenvalue weighted by Gasteiger charge is 2.23. The predicted molar refractivity (Wildman–Crippen MR) is 85.9 cm³/mol. The number of amides is 1. The zero-order valence-corrected chi connectivity index (χ0v) is 13.7. The highest BCUT2D eigenvalue weighted by molar-refractivity contribution is 5.78. The molecule has 5 nitrogen and oxygen atoms in total. The van der Waals surface area contributed by atoms with Crippen LogP contribution in [0.15, 0.2) is 24.3 Å². The molecule has 1 amide bonds. The summed E-state index contributed by atoms with van der Waals surface area (Å²) in [7, 11) is 0. The van der Waals surface area contributed by atoms with E-state index >= 15 is 0 Å². The van der Waals surface area contributed by atoms with Crippen molar-refractivity contribution < 1.29 is 14.3 Å². The zero-order chi connectivity index (χ0) is 15.9. The fraction of sp³-hybridized carbons (Fsp3) is 0.588. The number of nitrogens with zero attached hydrogens (tertiary/aromatic N) is 1. The molecule has 0 aromatic heterocycles. The van der Waals surface area contributed by atoms with E-state index in [2.05, 4.69) is 10.2 Å². The number of carbonyl (C=O) groups is 1. The summed E-state index contributed by atoms with van der Waals surface area (Å²) in [5, 5.41) is 2.97. The van der Waals surface area contributed by atoms with Gasteiger partial charge in [-0.1, -0.05) is 12.1 Å². The quantitative estimate of drug-likeness (QED) is 0.871. The first-order chi connectivity index (χ1) is 10.6. The molecule has 2 unspecified atom stereocenters. The monoisotopic (exact) mass is 306 g/mol. The summed E-state index contributed by atoms with van der Waals surface area (Å²) in [5.41, 5.74) is 1.04. The lowest BCUT2D eigenvalue weighted by atomic mass is 10.2. The second kappa shape index (κ2) is 8.15. The molecular weight excluding hydrogens is 280 g/mol. The molecule has 22 heavy (non-hydrogen) atoms. The van der Waals surface area contributed by atoms with Gasteiger partial charge in [0, 0.05) is 19.6 Å². The second-order valence-corrected chi connectivity index (χ2v) is 5.81. The molecule has 0 aliphatic carbocycles. The average molecular weight is 306 g/mol.